The fourth-order valence-corrected chi connectivity index (χ4v) is 5.85. The number of benzene rings is 3. The van der Waals surface area contributed by atoms with Gasteiger partial charge in [-0.15, -0.1) is 0 Å². The summed E-state index contributed by atoms with van der Waals surface area (Å²) in [5.41, 5.74) is 9.16. The lowest BCUT2D eigenvalue weighted by Crippen LogP contribution is -2.15. The van der Waals surface area contributed by atoms with Gasteiger partial charge < -0.3 is 14.1 Å². The second-order valence-electron chi connectivity index (χ2n) is 12.6. The van der Waals surface area contributed by atoms with Crippen LogP contribution in [0.2, 0.25) is 0 Å². The standard InChI is InChI=1S/C36H41N3O3/c1-9-12-31-37-33-22(4)17-25(34-38-32(21(2)3)23(5)42-34)19-30(33)39(31)20-24-15-16-27(29(18-24)36(6,7)8)26-13-10-11-14-28(26)35(40)41/h10-11,13-19,21H,9,12,20H2,1-8H3,(H,40,41). The molecule has 6 nitrogen and oxygen atoms in total. The van der Waals surface area contributed by atoms with Crippen LogP contribution in [0, 0.1) is 13.8 Å². The molecule has 3 aromatic carbocycles. The number of carbonyl (C=O) groups is 1. The van der Waals surface area contributed by atoms with Crippen molar-refractivity contribution in [3.8, 4) is 22.6 Å². The zero-order valence-corrected chi connectivity index (χ0v) is 26.0. The third kappa shape index (κ3) is 5.50. The maximum Gasteiger partial charge on any atom is 0.336 e. The lowest BCUT2D eigenvalue weighted by atomic mass is 9.80. The molecule has 0 amide bonds. The number of carboxylic acid groups (broad SMARTS) is 1. The number of rotatable bonds is 8. The lowest BCUT2D eigenvalue weighted by molar-refractivity contribution is 0.0697. The summed E-state index contributed by atoms with van der Waals surface area (Å²) >= 11 is 0. The van der Waals surface area contributed by atoms with Crippen molar-refractivity contribution >= 4 is 17.0 Å². The van der Waals surface area contributed by atoms with Gasteiger partial charge in [0.15, 0.2) is 0 Å². The molecule has 0 aliphatic carbocycles. The zero-order chi connectivity index (χ0) is 30.3. The van der Waals surface area contributed by atoms with Crippen LogP contribution in [-0.2, 0) is 18.4 Å². The Kier molecular flexibility index (Phi) is 7.84. The van der Waals surface area contributed by atoms with Gasteiger partial charge in [0.2, 0.25) is 5.89 Å². The van der Waals surface area contributed by atoms with Crippen LogP contribution >= 0.6 is 0 Å². The molecule has 218 valence electrons. The smallest absolute Gasteiger partial charge is 0.336 e. The van der Waals surface area contributed by atoms with E-state index >= 15 is 0 Å². The SMILES string of the molecule is CCCc1nc2c(C)cc(-c3nc(C(C)C)c(C)o3)cc2n1Cc1ccc(-c2ccccc2C(=O)O)c(C(C)(C)C)c1. The van der Waals surface area contributed by atoms with Crippen LogP contribution in [0.3, 0.4) is 0 Å². The van der Waals surface area contributed by atoms with Gasteiger partial charge in [-0.3, -0.25) is 0 Å². The van der Waals surface area contributed by atoms with E-state index in [4.69, 9.17) is 14.4 Å². The van der Waals surface area contributed by atoms with Gasteiger partial charge in [-0.2, -0.15) is 0 Å². The molecular weight excluding hydrogens is 522 g/mol. The van der Waals surface area contributed by atoms with E-state index in [-0.39, 0.29) is 11.3 Å². The van der Waals surface area contributed by atoms with Gasteiger partial charge in [0.1, 0.15) is 11.6 Å². The minimum atomic E-state index is -0.920. The Morgan fingerprint density at radius 2 is 1.74 bits per heavy atom. The molecule has 1 N–H and O–H groups in total. The molecule has 6 heteroatoms. The van der Waals surface area contributed by atoms with Crippen molar-refractivity contribution in [2.75, 3.05) is 0 Å². The van der Waals surface area contributed by atoms with E-state index in [0.29, 0.717) is 18.0 Å². The molecule has 5 aromatic rings. The van der Waals surface area contributed by atoms with Crippen molar-refractivity contribution in [1.29, 1.82) is 0 Å². The number of carboxylic acids is 1. The topological polar surface area (TPSA) is 81.2 Å². The molecule has 0 saturated heterocycles. The average Bonchev–Trinajstić information content (AvgIpc) is 3.49. The van der Waals surface area contributed by atoms with Gasteiger partial charge in [-0.05, 0) is 77.6 Å². The summed E-state index contributed by atoms with van der Waals surface area (Å²) in [7, 11) is 0. The first kappa shape index (κ1) is 29.3. The van der Waals surface area contributed by atoms with Crippen LogP contribution in [0.5, 0.6) is 0 Å². The molecule has 0 aliphatic rings. The van der Waals surface area contributed by atoms with Crippen molar-refractivity contribution in [2.24, 2.45) is 0 Å². The molecule has 0 saturated carbocycles. The molecule has 42 heavy (non-hydrogen) atoms. The number of aromatic carboxylic acids is 1. The monoisotopic (exact) mass is 563 g/mol. The first-order valence-corrected chi connectivity index (χ1v) is 14.8. The number of hydrogen-bond donors (Lipinski definition) is 1. The van der Waals surface area contributed by atoms with Crippen LogP contribution in [-0.4, -0.2) is 25.6 Å². The summed E-state index contributed by atoms with van der Waals surface area (Å²) in [5, 5.41) is 9.88. The first-order valence-electron chi connectivity index (χ1n) is 14.8. The number of imidazole rings is 1. The van der Waals surface area contributed by atoms with Crippen LogP contribution in [0.25, 0.3) is 33.6 Å². The number of fused-ring (bicyclic) bond motifs is 1. The molecule has 2 aromatic heterocycles. The maximum atomic E-state index is 12.0. The first-order chi connectivity index (χ1) is 19.9. The van der Waals surface area contributed by atoms with Crippen molar-refractivity contribution in [3.63, 3.8) is 0 Å². The molecule has 0 unspecified atom stereocenters. The summed E-state index contributed by atoms with van der Waals surface area (Å²) in [6.45, 7) is 17.7. The quantitative estimate of drug-likeness (QED) is 0.204. The molecular formula is C36H41N3O3. The Morgan fingerprint density at radius 3 is 2.38 bits per heavy atom. The van der Waals surface area contributed by atoms with Gasteiger partial charge >= 0.3 is 5.97 Å². The van der Waals surface area contributed by atoms with Crippen LogP contribution in [0.15, 0.2) is 59.0 Å². The second-order valence-corrected chi connectivity index (χ2v) is 12.6. The Hall–Kier alpha value is -4.19. The van der Waals surface area contributed by atoms with Crippen molar-refractivity contribution in [2.45, 2.75) is 86.1 Å². The van der Waals surface area contributed by atoms with E-state index in [2.05, 4.69) is 83.4 Å². The molecule has 0 aliphatic heterocycles. The molecule has 2 heterocycles. The van der Waals surface area contributed by atoms with E-state index < -0.39 is 5.97 Å². The summed E-state index contributed by atoms with van der Waals surface area (Å²) in [6.07, 6.45) is 1.86. The molecule has 0 radical (unpaired) electrons. The Balaban J connectivity index is 1.65. The number of aromatic nitrogens is 3. The van der Waals surface area contributed by atoms with E-state index in [0.717, 1.165) is 74.5 Å². The number of nitrogens with zero attached hydrogens (tertiary/aromatic N) is 3. The normalized spacial score (nSPS) is 12.0. The summed E-state index contributed by atoms with van der Waals surface area (Å²) in [4.78, 5) is 22.0. The van der Waals surface area contributed by atoms with Crippen molar-refractivity contribution in [1.82, 2.24) is 14.5 Å². The highest BCUT2D eigenvalue weighted by Gasteiger charge is 2.23. The highest BCUT2D eigenvalue weighted by Crippen LogP contribution is 2.37. The van der Waals surface area contributed by atoms with Gasteiger partial charge in [0.25, 0.3) is 0 Å². The van der Waals surface area contributed by atoms with Crippen LogP contribution in [0.1, 0.15) is 98.2 Å². The average molecular weight is 564 g/mol. The Morgan fingerprint density at radius 1 is 1.00 bits per heavy atom. The van der Waals surface area contributed by atoms with Crippen molar-refractivity contribution < 1.29 is 14.3 Å². The Labute approximate surface area is 248 Å². The number of aryl methyl sites for hydroxylation is 3. The van der Waals surface area contributed by atoms with Gasteiger partial charge in [0, 0.05) is 18.5 Å². The second kappa shape index (κ2) is 11.2. The van der Waals surface area contributed by atoms with Crippen LogP contribution in [0.4, 0.5) is 0 Å². The van der Waals surface area contributed by atoms with E-state index in [1.807, 2.05) is 19.1 Å². The molecule has 0 atom stereocenters. The van der Waals surface area contributed by atoms with Crippen LogP contribution < -0.4 is 0 Å². The molecule has 0 bridgehead atoms. The van der Waals surface area contributed by atoms with Gasteiger partial charge in [-0.1, -0.05) is 77.9 Å². The lowest BCUT2D eigenvalue weighted by Gasteiger charge is -2.25. The van der Waals surface area contributed by atoms with E-state index in [1.165, 1.54) is 0 Å². The van der Waals surface area contributed by atoms with Gasteiger partial charge in [-0.25, -0.2) is 14.8 Å². The fourth-order valence-electron chi connectivity index (χ4n) is 5.85. The predicted molar refractivity (Wildman–Crippen MR) is 169 cm³/mol. The van der Waals surface area contributed by atoms with Gasteiger partial charge in [0.05, 0.1) is 22.3 Å². The third-order valence-electron chi connectivity index (χ3n) is 7.90. The Bertz CT molecular complexity index is 1780. The highest BCUT2D eigenvalue weighted by molar-refractivity contribution is 5.96. The van der Waals surface area contributed by atoms with E-state index in [9.17, 15) is 9.90 Å². The number of hydrogen-bond acceptors (Lipinski definition) is 4. The predicted octanol–water partition coefficient (Wildman–Crippen LogP) is 9.10. The number of oxazole rings is 1. The third-order valence-corrected chi connectivity index (χ3v) is 7.90. The summed E-state index contributed by atoms with van der Waals surface area (Å²) in [6, 6.07) is 18.0. The molecule has 0 spiro atoms. The highest BCUT2D eigenvalue weighted by atomic mass is 16.4. The maximum absolute atomic E-state index is 12.0. The summed E-state index contributed by atoms with van der Waals surface area (Å²) < 4.78 is 8.45. The van der Waals surface area contributed by atoms with Crippen molar-refractivity contribution in [3.05, 3.63) is 94.1 Å². The largest absolute Gasteiger partial charge is 0.478 e. The van der Waals surface area contributed by atoms with E-state index in [1.54, 1.807) is 12.1 Å². The molecule has 0 fully saturated rings. The minimum absolute atomic E-state index is 0.194. The summed E-state index contributed by atoms with van der Waals surface area (Å²) in [5.74, 6) is 1.92. The zero-order valence-electron chi connectivity index (χ0n) is 26.0. The molecule has 5 rings (SSSR count). The fraction of sp³-hybridized carbons (Fsp3) is 0.361. The minimum Gasteiger partial charge on any atom is -0.478 e.